The fourth-order valence-electron chi connectivity index (χ4n) is 3.07. The van der Waals surface area contributed by atoms with Crippen LogP contribution < -0.4 is 15.0 Å². The number of ether oxygens (including phenoxy) is 2. The molecular weight excluding hydrogens is 424 g/mol. The number of imidazole rings is 1. The Balaban J connectivity index is 1.75. The molecule has 4 rings (SSSR count). The topological polar surface area (TPSA) is 111 Å². The van der Waals surface area contributed by atoms with Gasteiger partial charge in [0.25, 0.3) is 5.88 Å². The first-order valence-electron chi connectivity index (χ1n) is 9.92. The molecule has 0 saturated heterocycles. The Morgan fingerprint density at radius 1 is 1.06 bits per heavy atom. The maximum absolute atomic E-state index is 13.4. The Labute approximate surface area is 189 Å². The van der Waals surface area contributed by atoms with Gasteiger partial charge in [-0.15, -0.1) is 0 Å². The minimum atomic E-state index is -0.710. The highest BCUT2D eigenvalue weighted by molar-refractivity contribution is 5.98. The molecule has 2 amide bonds. The predicted molar refractivity (Wildman–Crippen MR) is 122 cm³/mol. The minimum Gasteiger partial charge on any atom is -0.481 e. The Hall–Kier alpha value is -4.73. The van der Waals surface area contributed by atoms with Gasteiger partial charge < -0.3 is 9.47 Å². The van der Waals surface area contributed by atoms with E-state index in [-0.39, 0.29) is 30.0 Å². The molecule has 0 atom stereocenters. The summed E-state index contributed by atoms with van der Waals surface area (Å²) in [6.07, 6.45) is 2.03. The molecular formula is C23H20N6O4. The number of hydrogen-bond acceptors (Lipinski definition) is 7. The first-order chi connectivity index (χ1) is 16.1. The van der Waals surface area contributed by atoms with Crippen molar-refractivity contribution >= 4 is 40.5 Å². The third kappa shape index (κ3) is 4.79. The molecule has 0 spiro atoms. The first kappa shape index (κ1) is 21.5. The second-order valence-electron chi connectivity index (χ2n) is 6.76. The van der Waals surface area contributed by atoms with Gasteiger partial charge in [-0.1, -0.05) is 43.0 Å². The second-order valence-corrected chi connectivity index (χ2v) is 6.76. The lowest BCUT2D eigenvalue weighted by atomic mass is 10.2. The summed E-state index contributed by atoms with van der Waals surface area (Å²) in [5.74, 6) is -0.526. The Bertz CT molecular complexity index is 1250. The van der Waals surface area contributed by atoms with E-state index >= 15 is 0 Å². The van der Waals surface area contributed by atoms with E-state index in [4.69, 9.17) is 9.47 Å². The third-order valence-corrected chi connectivity index (χ3v) is 4.45. The van der Waals surface area contributed by atoms with E-state index in [2.05, 4.69) is 26.8 Å². The molecule has 10 nitrogen and oxygen atoms in total. The maximum Gasteiger partial charge on any atom is 0.425 e. The van der Waals surface area contributed by atoms with E-state index in [0.29, 0.717) is 17.0 Å². The maximum atomic E-state index is 13.4. The zero-order chi connectivity index (χ0) is 23.2. The number of hydrogen-bond donors (Lipinski definition) is 1. The largest absolute Gasteiger partial charge is 0.481 e. The van der Waals surface area contributed by atoms with E-state index in [9.17, 15) is 9.59 Å². The number of fused-ring (bicyclic) bond motifs is 1. The number of carbonyl (C=O) groups excluding carboxylic acids is 2. The molecule has 0 unspecified atom stereocenters. The number of aromatic nitrogens is 4. The number of anilines is 3. The smallest absolute Gasteiger partial charge is 0.425 e. The van der Waals surface area contributed by atoms with Gasteiger partial charge in [-0.3, -0.25) is 14.7 Å². The number of carbonyl (C=O) groups is 2. The SMILES string of the molecule is C=COCn1cnc2c(OC(=O)N(c3ccccc3)c3ccccc3)nc(NC(C)=O)nc21. The van der Waals surface area contributed by atoms with Gasteiger partial charge in [0.1, 0.15) is 6.33 Å². The summed E-state index contributed by atoms with van der Waals surface area (Å²) in [4.78, 5) is 39.1. The molecule has 0 aliphatic carbocycles. The van der Waals surface area contributed by atoms with Gasteiger partial charge in [-0.2, -0.15) is 9.97 Å². The molecule has 166 valence electrons. The van der Waals surface area contributed by atoms with Crippen molar-refractivity contribution in [2.45, 2.75) is 13.7 Å². The highest BCUT2D eigenvalue weighted by atomic mass is 16.6. The monoisotopic (exact) mass is 444 g/mol. The highest BCUT2D eigenvalue weighted by Gasteiger charge is 2.24. The fourth-order valence-corrected chi connectivity index (χ4v) is 3.07. The Morgan fingerprint density at radius 2 is 1.70 bits per heavy atom. The number of para-hydroxylation sites is 2. The van der Waals surface area contributed by atoms with Gasteiger partial charge in [0, 0.05) is 6.92 Å². The van der Waals surface area contributed by atoms with Gasteiger partial charge in [0.15, 0.2) is 17.9 Å². The van der Waals surface area contributed by atoms with Crippen LogP contribution >= 0.6 is 0 Å². The van der Waals surface area contributed by atoms with Crippen LogP contribution in [0.2, 0.25) is 0 Å². The lowest BCUT2D eigenvalue weighted by molar-refractivity contribution is -0.114. The average Bonchev–Trinajstić information content (AvgIpc) is 3.22. The minimum absolute atomic E-state index is 0.0378. The van der Waals surface area contributed by atoms with Gasteiger partial charge >= 0.3 is 6.09 Å². The third-order valence-electron chi connectivity index (χ3n) is 4.45. The molecule has 4 aromatic rings. The highest BCUT2D eigenvalue weighted by Crippen LogP contribution is 2.29. The van der Waals surface area contributed by atoms with Crippen LogP contribution in [0.15, 0.2) is 79.8 Å². The van der Waals surface area contributed by atoms with Gasteiger partial charge in [-0.25, -0.2) is 14.7 Å². The van der Waals surface area contributed by atoms with Crippen molar-refractivity contribution in [2.24, 2.45) is 0 Å². The van der Waals surface area contributed by atoms with E-state index in [1.807, 2.05) is 36.4 Å². The van der Waals surface area contributed by atoms with Crippen LogP contribution in [-0.4, -0.2) is 31.5 Å². The van der Waals surface area contributed by atoms with Crippen molar-refractivity contribution in [3.05, 3.63) is 79.8 Å². The molecule has 2 heterocycles. The lowest BCUT2D eigenvalue weighted by Crippen LogP contribution is -2.29. The van der Waals surface area contributed by atoms with Crippen molar-refractivity contribution in [3.63, 3.8) is 0 Å². The standard InChI is InChI=1S/C23H20N6O4/c1-3-32-15-28-14-24-19-20(28)26-22(25-16(2)30)27-21(19)33-23(31)29(17-10-6-4-7-11-17)18-12-8-5-9-13-18/h3-14H,1,15H2,2H3,(H,25,26,27,30). The molecule has 0 saturated carbocycles. The predicted octanol–water partition coefficient (Wildman–Crippen LogP) is 4.24. The number of nitrogens with zero attached hydrogens (tertiary/aromatic N) is 5. The van der Waals surface area contributed by atoms with Crippen LogP contribution in [-0.2, 0) is 16.3 Å². The summed E-state index contributed by atoms with van der Waals surface area (Å²) in [6, 6.07) is 18.1. The molecule has 33 heavy (non-hydrogen) atoms. The summed E-state index contributed by atoms with van der Waals surface area (Å²) in [5, 5.41) is 2.51. The van der Waals surface area contributed by atoms with Crippen molar-refractivity contribution in [2.75, 3.05) is 10.2 Å². The Morgan fingerprint density at radius 3 is 2.27 bits per heavy atom. The molecule has 0 aliphatic heterocycles. The van der Waals surface area contributed by atoms with Crippen LogP contribution in [0.5, 0.6) is 5.88 Å². The Kier molecular flexibility index (Phi) is 6.26. The summed E-state index contributed by atoms with van der Waals surface area (Å²) >= 11 is 0. The summed E-state index contributed by atoms with van der Waals surface area (Å²) in [5.41, 5.74) is 1.74. The van der Waals surface area contributed by atoms with Gasteiger partial charge in [0.2, 0.25) is 11.9 Å². The van der Waals surface area contributed by atoms with E-state index in [1.54, 1.807) is 28.8 Å². The van der Waals surface area contributed by atoms with E-state index in [1.165, 1.54) is 24.4 Å². The second kappa shape index (κ2) is 9.60. The summed E-state index contributed by atoms with van der Waals surface area (Å²) < 4.78 is 12.5. The molecule has 1 N–H and O–H groups in total. The van der Waals surface area contributed by atoms with E-state index < -0.39 is 6.09 Å². The van der Waals surface area contributed by atoms with Crippen molar-refractivity contribution in [1.29, 1.82) is 0 Å². The van der Waals surface area contributed by atoms with Crippen LogP contribution in [0.4, 0.5) is 22.1 Å². The number of benzene rings is 2. The van der Waals surface area contributed by atoms with Crippen LogP contribution in [0, 0.1) is 0 Å². The van der Waals surface area contributed by atoms with Gasteiger partial charge in [0.05, 0.1) is 17.6 Å². The van der Waals surface area contributed by atoms with E-state index in [0.717, 1.165) is 0 Å². The molecule has 2 aromatic carbocycles. The number of rotatable bonds is 7. The molecule has 0 aliphatic rings. The number of amides is 2. The zero-order valence-electron chi connectivity index (χ0n) is 17.7. The quantitative estimate of drug-likeness (QED) is 0.424. The fraction of sp³-hybridized carbons (Fsp3) is 0.0870. The van der Waals surface area contributed by atoms with Crippen molar-refractivity contribution in [1.82, 2.24) is 19.5 Å². The van der Waals surface area contributed by atoms with Crippen molar-refractivity contribution in [3.8, 4) is 5.88 Å². The van der Waals surface area contributed by atoms with Crippen LogP contribution in [0.25, 0.3) is 11.2 Å². The van der Waals surface area contributed by atoms with Crippen molar-refractivity contribution < 1.29 is 19.1 Å². The number of nitrogens with one attached hydrogen (secondary N) is 1. The van der Waals surface area contributed by atoms with Crippen LogP contribution in [0.1, 0.15) is 6.92 Å². The molecule has 0 bridgehead atoms. The molecule has 10 heteroatoms. The summed E-state index contributed by atoms with van der Waals surface area (Å²) in [7, 11) is 0. The molecule has 0 fully saturated rings. The average molecular weight is 444 g/mol. The molecule has 0 radical (unpaired) electrons. The van der Waals surface area contributed by atoms with Gasteiger partial charge in [-0.05, 0) is 24.3 Å². The zero-order valence-corrected chi connectivity index (χ0v) is 17.7. The summed E-state index contributed by atoms with van der Waals surface area (Å²) in [6.45, 7) is 4.91. The van der Waals surface area contributed by atoms with Crippen LogP contribution in [0.3, 0.4) is 0 Å². The normalized spacial score (nSPS) is 10.5. The first-order valence-corrected chi connectivity index (χ1v) is 9.92. The molecule has 2 aromatic heterocycles. The lowest BCUT2D eigenvalue weighted by Gasteiger charge is -2.22.